The lowest BCUT2D eigenvalue weighted by molar-refractivity contribution is 0.0604. The molecule has 2 aromatic rings. The van der Waals surface area contributed by atoms with Crippen LogP contribution in [0.1, 0.15) is 9.67 Å². The van der Waals surface area contributed by atoms with Gasteiger partial charge in [0.1, 0.15) is 0 Å². The highest BCUT2D eigenvalue weighted by molar-refractivity contribution is 7.12. The van der Waals surface area contributed by atoms with Crippen molar-refractivity contribution in [3.63, 3.8) is 0 Å². The largest absolute Gasteiger partial charge is 0.465 e. The molecule has 2 N–H and O–H groups in total. The lowest BCUT2D eigenvalue weighted by Crippen LogP contribution is -2.01. The van der Waals surface area contributed by atoms with Crippen molar-refractivity contribution >= 4 is 34.6 Å². The smallest absolute Gasteiger partial charge is 0.351 e. The Bertz CT molecular complexity index is 562. The van der Waals surface area contributed by atoms with Crippen LogP contribution in [0.25, 0.3) is 0 Å². The van der Waals surface area contributed by atoms with Gasteiger partial charge in [0.25, 0.3) is 0 Å². The summed E-state index contributed by atoms with van der Waals surface area (Å²) in [4.78, 5) is 11.9. The Labute approximate surface area is 113 Å². The van der Waals surface area contributed by atoms with Crippen LogP contribution in [0.5, 0.6) is 11.5 Å². The van der Waals surface area contributed by atoms with E-state index in [4.69, 9.17) is 22.1 Å². The number of methoxy groups -OCH3 is 1. The number of anilines is 1. The molecular weight excluding hydrogens is 274 g/mol. The standard InChI is InChI=1S/C12H10ClNO3S/c1-16-12(15)11-9(5-6-18-11)17-10-7(13)3-2-4-8(10)14/h2-6H,14H2,1H3. The average Bonchev–Trinajstić information content (AvgIpc) is 2.81. The normalized spacial score (nSPS) is 10.1. The number of hydrogen-bond acceptors (Lipinski definition) is 5. The van der Waals surface area contributed by atoms with E-state index in [0.717, 1.165) is 0 Å². The number of carbonyl (C=O) groups is 1. The van der Waals surface area contributed by atoms with Crippen LogP contribution >= 0.6 is 22.9 Å². The summed E-state index contributed by atoms with van der Waals surface area (Å²) in [5.74, 6) is 0.264. The fourth-order valence-corrected chi connectivity index (χ4v) is 2.32. The molecule has 0 radical (unpaired) electrons. The second-order valence-electron chi connectivity index (χ2n) is 3.37. The lowest BCUT2D eigenvalue weighted by Gasteiger charge is -2.09. The van der Waals surface area contributed by atoms with Gasteiger partial charge in [0.05, 0.1) is 17.8 Å². The first-order valence-electron chi connectivity index (χ1n) is 5.01. The minimum absolute atomic E-state index is 0.336. The maximum absolute atomic E-state index is 11.5. The van der Waals surface area contributed by atoms with Crippen molar-refractivity contribution in [3.8, 4) is 11.5 Å². The van der Waals surface area contributed by atoms with Crippen molar-refractivity contribution in [1.82, 2.24) is 0 Å². The molecule has 0 atom stereocenters. The summed E-state index contributed by atoms with van der Waals surface area (Å²) < 4.78 is 10.2. The van der Waals surface area contributed by atoms with E-state index in [-0.39, 0.29) is 0 Å². The first-order chi connectivity index (χ1) is 8.63. The zero-order chi connectivity index (χ0) is 13.1. The van der Waals surface area contributed by atoms with Gasteiger partial charge in [-0.2, -0.15) is 0 Å². The first kappa shape index (κ1) is 12.7. The summed E-state index contributed by atoms with van der Waals surface area (Å²) in [7, 11) is 1.32. The Morgan fingerprint density at radius 3 is 2.83 bits per heavy atom. The summed E-state index contributed by atoms with van der Waals surface area (Å²) >= 11 is 7.22. The molecule has 0 bridgehead atoms. The summed E-state index contributed by atoms with van der Waals surface area (Å²) in [6, 6.07) is 6.72. The number of benzene rings is 1. The molecule has 1 heterocycles. The zero-order valence-corrected chi connectivity index (χ0v) is 11.0. The molecule has 0 aliphatic carbocycles. The summed E-state index contributed by atoms with van der Waals surface area (Å²) in [6.07, 6.45) is 0. The first-order valence-corrected chi connectivity index (χ1v) is 6.27. The molecule has 0 unspecified atom stereocenters. The minimum Gasteiger partial charge on any atom is -0.465 e. The molecule has 0 aliphatic heterocycles. The fourth-order valence-electron chi connectivity index (χ4n) is 1.36. The van der Waals surface area contributed by atoms with Gasteiger partial charge >= 0.3 is 5.97 Å². The van der Waals surface area contributed by atoms with E-state index >= 15 is 0 Å². The van der Waals surface area contributed by atoms with E-state index in [1.54, 1.807) is 29.6 Å². The van der Waals surface area contributed by atoms with Crippen LogP contribution in [0.15, 0.2) is 29.6 Å². The molecule has 2 rings (SSSR count). The molecule has 6 heteroatoms. The van der Waals surface area contributed by atoms with Crippen molar-refractivity contribution in [3.05, 3.63) is 39.5 Å². The van der Waals surface area contributed by atoms with Crippen LogP contribution in [0.3, 0.4) is 0 Å². The molecule has 0 saturated heterocycles. The number of hydrogen-bond donors (Lipinski definition) is 1. The van der Waals surface area contributed by atoms with E-state index in [2.05, 4.69) is 4.74 Å². The summed E-state index contributed by atoms with van der Waals surface area (Å²) in [5.41, 5.74) is 6.18. The molecule has 0 fully saturated rings. The molecule has 0 amide bonds. The second-order valence-corrected chi connectivity index (χ2v) is 4.69. The van der Waals surface area contributed by atoms with Crippen molar-refractivity contribution < 1.29 is 14.3 Å². The summed E-state index contributed by atoms with van der Waals surface area (Å²) in [6.45, 7) is 0. The second kappa shape index (κ2) is 5.29. The third-order valence-electron chi connectivity index (χ3n) is 2.21. The van der Waals surface area contributed by atoms with Gasteiger partial charge < -0.3 is 15.2 Å². The molecule has 1 aromatic carbocycles. The third-order valence-corrected chi connectivity index (χ3v) is 3.38. The van der Waals surface area contributed by atoms with Crippen LogP contribution in [0.2, 0.25) is 5.02 Å². The van der Waals surface area contributed by atoms with Gasteiger partial charge in [0.2, 0.25) is 0 Å². The van der Waals surface area contributed by atoms with Crippen LogP contribution in [0, 0.1) is 0 Å². The van der Waals surface area contributed by atoms with E-state index in [9.17, 15) is 4.79 Å². The molecule has 18 heavy (non-hydrogen) atoms. The number of rotatable bonds is 3. The Hall–Kier alpha value is -1.72. The van der Waals surface area contributed by atoms with Crippen LogP contribution in [0.4, 0.5) is 5.69 Å². The van der Waals surface area contributed by atoms with Crippen molar-refractivity contribution in [1.29, 1.82) is 0 Å². The maximum Gasteiger partial charge on any atom is 0.351 e. The summed E-state index contributed by atoms with van der Waals surface area (Å²) in [5, 5.41) is 2.12. The molecule has 1 aromatic heterocycles. The lowest BCUT2D eigenvalue weighted by atomic mass is 10.3. The van der Waals surface area contributed by atoms with E-state index in [0.29, 0.717) is 27.1 Å². The molecule has 0 spiro atoms. The number of para-hydroxylation sites is 1. The highest BCUT2D eigenvalue weighted by atomic mass is 35.5. The molecule has 0 saturated carbocycles. The van der Waals surface area contributed by atoms with E-state index in [1.807, 2.05) is 0 Å². The van der Waals surface area contributed by atoms with Crippen LogP contribution in [-0.4, -0.2) is 13.1 Å². The number of nitrogens with two attached hydrogens (primary N) is 1. The van der Waals surface area contributed by atoms with Crippen LogP contribution < -0.4 is 10.5 Å². The van der Waals surface area contributed by atoms with Gasteiger partial charge in [-0.05, 0) is 23.6 Å². The minimum atomic E-state index is -0.453. The number of thiophene rings is 1. The van der Waals surface area contributed by atoms with Gasteiger partial charge in [-0.3, -0.25) is 0 Å². The van der Waals surface area contributed by atoms with Gasteiger partial charge in [-0.15, -0.1) is 11.3 Å². The van der Waals surface area contributed by atoms with E-state index in [1.165, 1.54) is 18.4 Å². The number of ether oxygens (including phenoxy) is 2. The highest BCUT2D eigenvalue weighted by Crippen LogP contribution is 2.37. The molecule has 94 valence electrons. The molecule has 0 aliphatic rings. The van der Waals surface area contributed by atoms with E-state index < -0.39 is 5.97 Å². The fraction of sp³-hybridized carbons (Fsp3) is 0.0833. The Morgan fingerprint density at radius 2 is 2.17 bits per heavy atom. The third kappa shape index (κ3) is 2.42. The SMILES string of the molecule is COC(=O)c1sccc1Oc1c(N)cccc1Cl. The van der Waals surface area contributed by atoms with Crippen molar-refractivity contribution in [2.24, 2.45) is 0 Å². The Morgan fingerprint density at radius 1 is 1.39 bits per heavy atom. The Balaban J connectivity index is 2.35. The Kier molecular flexibility index (Phi) is 3.74. The van der Waals surface area contributed by atoms with Gasteiger partial charge in [0.15, 0.2) is 16.4 Å². The number of carbonyl (C=O) groups excluding carboxylic acids is 1. The molecule has 4 nitrogen and oxygen atoms in total. The van der Waals surface area contributed by atoms with Crippen molar-refractivity contribution in [2.75, 3.05) is 12.8 Å². The predicted molar refractivity (Wildman–Crippen MR) is 71.6 cm³/mol. The number of nitrogen functional groups attached to an aromatic ring is 1. The monoisotopic (exact) mass is 283 g/mol. The van der Waals surface area contributed by atoms with Gasteiger partial charge in [0, 0.05) is 0 Å². The number of halogens is 1. The quantitative estimate of drug-likeness (QED) is 0.691. The van der Waals surface area contributed by atoms with Gasteiger partial charge in [-0.25, -0.2) is 4.79 Å². The van der Waals surface area contributed by atoms with Gasteiger partial charge in [-0.1, -0.05) is 17.7 Å². The molecular formula is C12H10ClNO3S. The predicted octanol–water partition coefficient (Wildman–Crippen LogP) is 3.56. The zero-order valence-electron chi connectivity index (χ0n) is 9.48. The maximum atomic E-state index is 11.5. The average molecular weight is 284 g/mol. The highest BCUT2D eigenvalue weighted by Gasteiger charge is 2.17. The van der Waals surface area contributed by atoms with Crippen LogP contribution in [-0.2, 0) is 4.74 Å². The van der Waals surface area contributed by atoms with Crippen molar-refractivity contribution in [2.45, 2.75) is 0 Å². The topological polar surface area (TPSA) is 61.5 Å². The number of esters is 1.